The predicted octanol–water partition coefficient (Wildman–Crippen LogP) is 5.39. The standard InChI is InChI=1S/C23H43N2O6P/c1-2-3-4-5-6-7-8-9-10-11-12-13-14-15-16-19-25-23(26)29-20-17-21-30-32(27,28)31-22-18-24/h3-4,6-7,9-10H,2,5,8,11-22,24H2,1H3,(H,25,26)(H,27,28)/b4-3-,7-6-,10-9-. The van der Waals surface area contributed by atoms with Gasteiger partial charge in [0.2, 0.25) is 0 Å². The van der Waals surface area contributed by atoms with Crippen molar-refractivity contribution >= 4 is 13.9 Å². The lowest BCUT2D eigenvalue weighted by Crippen LogP contribution is -2.25. The van der Waals surface area contributed by atoms with Crippen LogP contribution >= 0.6 is 7.82 Å². The zero-order valence-electron chi connectivity index (χ0n) is 19.6. The Balaban J connectivity index is 3.41. The second kappa shape index (κ2) is 22.7. The van der Waals surface area contributed by atoms with Gasteiger partial charge in [0.1, 0.15) is 0 Å². The summed E-state index contributed by atoms with van der Waals surface area (Å²) in [5.41, 5.74) is 5.18. The molecule has 0 rings (SSSR count). The number of alkyl carbamates (subject to hydrolysis) is 1. The van der Waals surface area contributed by atoms with E-state index in [1.165, 1.54) is 12.8 Å². The van der Waals surface area contributed by atoms with Gasteiger partial charge in [-0.05, 0) is 38.5 Å². The Kier molecular flexibility index (Phi) is 21.7. The van der Waals surface area contributed by atoms with Crippen LogP contribution in [0.4, 0.5) is 4.79 Å². The number of allylic oxidation sites excluding steroid dienone is 6. The molecular formula is C23H43N2O6P. The van der Waals surface area contributed by atoms with Gasteiger partial charge < -0.3 is 20.7 Å². The van der Waals surface area contributed by atoms with Crippen molar-refractivity contribution in [2.45, 2.75) is 71.1 Å². The Hall–Kier alpha value is -1.44. The van der Waals surface area contributed by atoms with Crippen LogP contribution in [0.5, 0.6) is 0 Å². The smallest absolute Gasteiger partial charge is 0.449 e. The van der Waals surface area contributed by atoms with Gasteiger partial charge in [0, 0.05) is 19.5 Å². The molecule has 1 unspecified atom stereocenters. The van der Waals surface area contributed by atoms with Gasteiger partial charge in [-0.3, -0.25) is 9.05 Å². The quantitative estimate of drug-likeness (QED) is 0.116. The molecule has 0 aromatic rings. The zero-order valence-corrected chi connectivity index (χ0v) is 20.5. The molecule has 0 spiro atoms. The average molecular weight is 475 g/mol. The molecule has 0 saturated carbocycles. The van der Waals surface area contributed by atoms with Gasteiger partial charge in [-0.15, -0.1) is 0 Å². The third kappa shape index (κ3) is 23.2. The first-order valence-corrected chi connectivity index (χ1v) is 13.2. The van der Waals surface area contributed by atoms with Crippen molar-refractivity contribution in [3.63, 3.8) is 0 Å². The van der Waals surface area contributed by atoms with E-state index in [2.05, 4.69) is 53.2 Å². The van der Waals surface area contributed by atoms with Crippen molar-refractivity contribution in [3.05, 3.63) is 36.5 Å². The van der Waals surface area contributed by atoms with Crippen LogP contribution in [-0.4, -0.2) is 43.9 Å². The van der Waals surface area contributed by atoms with E-state index < -0.39 is 13.9 Å². The maximum Gasteiger partial charge on any atom is 0.472 e. The van der Waals surface area contributed by atoms with E-state index in [4.69, 9.17) is 15.0 Å². The molecule has 0 aromatic heterocycles. The van der Waals surface area contributed by atoms with Crippen LogP contribution in [0.1, 0.15) is 71.1 Å². The number of nitrogens with one attached hydrogen (secondary N) is 1. The molecule has 4 N–H and O–H groups in total. The molecule has 9 heteroatoms. The van der Waals surface area contributed by atoms with Crippen LogP contribution < -0.4 is 11.1 Å². The molecule has 186 valence electrons. The number of hydrogen-bond acceptors (Lipinski definition) is 6. The molecule has 0 radical (unpaired) electrons. The van der Waals surface area contributed by atoms with E-state index in [1.807, 2.05) is 0 Å². The monoisotopic (exact) mass is 474 g/mol. The minimum Gasteiger partial charge on any atom is -0.449 e. The number of hydrogen-bond donors (Lipinski definition) is 3. The lowest BCUT2D eigenvalue weighted by atomic mass is 10.1. The Morgan fingerprint density at radius 3 is 2.22 bits per heavy atom. The number of carbonyl (C=O) groups is 1. The summed E-state index contributed by atoms with van der Waals surface area (Å²) in [6.45, 7) is 2.84. The SMILES string of the molecule is CC/C=C\C/C=C\C/C=C\CCCCCCCNC(=O)OCCCOP(=O)(O)OCCN. The number of carbonyl (C=O) groups excluding carboxylic acids is 1. The van der Waals surface area contributed by atoms with Crippen molar-refractivity contribution in [2.24, 2.45) is 5.73 Å². The number of phosphoric ester groups is 1. The van der Waals surface area contributed by atoms with Crippen molar-refractivity contribution in [1.29, 1.82) is 0 Å². The van der Waals surface area contributed by atoms with Crippen LogP contribution in [0.3, 0.4) is 0 Å². The molecule has 0 heterocycles. The molecule has 32 heavy (non-hydrogen) atoms. The fourth-order valence-corrected chi connectivity index (χ4v) is 3.37. The summed E-state index contributed by atoms with van der Waals surface area (Å²) in [5, 5.41) is 2.70. The van der Waals surface area contributed by atoms with E-state index in [0.29, 0.717) is 13.0 Å². The molecule has 0 aliphatic carbocycles. The van der Waals surface area contributed by atoms with Gasteiger partial charge in [0.15, 0.2) is 0 Å². The van der Waals surface area contributed by atoms with Crippen LogP contribution in [-0.2, 0) is 18.3 Å². The number of unbranched alkanes of at least 4 members (excludes halogenated alkanes) is 5. The van der Waals surface area contributed by atoms with Crippen LogP contribution in [0, 0.1) is 0 Å². The Bertz CT molecular complexity index is 581. The van der Waals surface area contributed by atoms with E-state index >= 15 is 0 Å². The third-order valence-electron chi connectivity index (χ3n) is 4.25. The highest BCUT2D eigenvalue weighted by Crippen LogP contribution is 2.42. The summed E-state index contributed by atoms with van der Waals surface area (Å²) in [7, 11) is -4.06. The normalized spacial score (nSPS) is 13.8. The van der Waals surface area contributed by atoms with E-state index in [9.17, 15) is 14.3 Å². The molecule has 0 aliphatic rings. The average Bonchev–Trinajstić information content (AvgIpc) is 2.77. The predicted molar refractivity (Wildman–Crippen MR) is 129 cm³/mol. The molecule has 0 fully saturated rings. The van der Waals surface area contributed by atoms with Gasteiger partial charge in [0.05, 0.1) is 19.8 Å². The summed E-state index contributed by atoms with van der Waals surface area (Å²) in [5.74, 6) is 0. The summed E-state index contributed by atoms with van der Waals surface area (Å²) in [6.07, 6.45) is 22.8. The lowest BCUT2D eigenvalue weighted by molar-refractivity contribution is 0.122. The minimum atomic E-state index is -4.06. The Morgan fingerprint density at radius 1 is 0.875 bits per heavy atom. The highest BCUT2D eigenvalue weighted by Gasteiger charge is 2.19. The molecule has 8 nitrogen and oxygen atoms in total. The van der Waals surface area contributed by atoms with Crippen LogP contribution in [0.25, 0.3) is 0 Å². The second-order valence-corrected chi connectivity index (χ2v) is 8.64. The number of nitrogens with two attached hydrogens (primary N) is 1. The Morgan fingerprint density at radius 2 is 1.50 bits per heavy atom. The van der Waals surface area contributed by atoms with Crippen molar-refractivity contribution in [1.82, 2.24) is 5.32 Å². The van der Waals surface area contributed by atoms with Crippen molar-refractivity contribution in [2.75, 3.05) is 32.9 Å². The first kappa shape index (κ1) is 30.6. The molecule has 1 atom stereocenters. The van der Waals surface area contributed by atoms with Gasteiger partial charge in [-0.1, -0.05) is 62.6 Å². The van der Waals surface area contributed by atoms with Crippen LogP contribution in [0.15, 0.2) is 36.5 Å². The highest BCUT2D eigenvalue weighted by atomic mass is 31.2. The van der Waals surface area contributed by atoms with Crippen molar-refractivity contribution in [3.8, 4) is 0 Å². The maximum absolute atomic E-state index is 11.6. The summed E-state index contributed by atoms with van der Waals surface area (Å²) in [4.78, 5) is 20.9. The fourth-order valence-electron chi connectivity index (χ4n) is 2.59. The van der Waals surface area contributed by atoms with E-state index in [0.717, 1.165) is 44.9 Å². The zero-order chi connectivity index (χ0) is 23.8. The van der Waals surface area contributed by atoms with Gasteiger partial charge >= 0.3 is 13.9 Å². The third-order valence-corrected chi connectivity index (χ3v) is 5.26. The molecule has 0 aromatic carbocycles. The second-order valence-electron chi connectivity index (χ2n) is 7.19. The maximum atomic E-state index is 11.6. The number of amides is 1. The van der Waals surface area contributed by atoms with E-state index in [-0.39, 0.29) is 26.4 Å². The summed E-state index contributed by atoms with van der Waals surface area (Å²) >= 11 is 0. The molecule has 0 saturated heterocycles. The van der Waals surface area contributed by atoms with Crippen LogP contribution in [0.2, 0.25) is 0 Å². The molecule has 0 aliphatic heterocycles. The summed E-state index contributed by atoms with van der Waals surface area (Å²) < 4.78 is 25.7. The van der Waals surface area contributed by atoms with Gasteiger partial charge in [0.25, 0.3) is 0 Å². The van der Waals surface area contributed by atoms with E-state index in [1.54, 1.807) is 0 Å². The topological polar surface area (TPSA) is 120 Å². The number of ether oxygens (including phenoxy) is 1. The molecule has 1 amide bonds. The molecular weight excluding hydrogens is 431 g/mol. The number of phosphoric acid groups is 1. The van der Waals surface area contributed by atoms with Gasteiger partial charge in [-0.2, -0.15) is 0 Å². The Labute approximate surface area is 193 Å². The lowest BCUT2D eigenvalue weighted by Gasteiger charge is -2.11. The largest absolute Gasteiger partial charge is 0.472 e. The van der Waals surface area contributed by atoms with Crippen molar-refractivity contribution < 1.29 is 28.0 Å². The summed E-state index contributed by atoms with van der Waals surface area (Å²) in [6, 6.07) is 0. The van der Waals surface area contributed by atoms with Gasteiger partial charge in [-0.25, -0.2) is 9.36 Å². The first-order valence-electron chi connectivity index (χ1n) is 11.7. The molecule has 0 bridgehead atoms. The first-order chi connectivity index (χ1) is 15.5. The minimum absolute atomic E-state index is 0.0475. The number of rotatable bonds is 21. The fraction of sp³-hybridized carbons (Fsp3) is 0.696. The highest BCUT2D eigenvalue weighted by molar-refractivity contribution is 7.47.